The molecular formula is C23H30N4O5S. The van der Waals surface area contributed by atoms with Crippen LogP contribution in [0.5, 0.6) is 5.75 Å². The summed E-state index contributed by atoms with van der Waals surface area (Å²) in [6, 6.07) is 12.3. The number of carbonyl (C=O) groups excluding carboxylic acids is 2. The van der Waals surface area contributed by atoms with Crippen LogP contribution < -0.4 is 15.6 Å². The van der Waals surface area contributed by atoms with Crippen LogP contribution in [0.2, 0.25) is 0 Å². The van der Waals surface area contributed by atoms with E-state index < -0.39 is 15.9 Å². The van der Waals surface area contributed by atoms with Crippen molar-refractivity contribution in [1.29, 1.82) is 0 Å². The number of ether oxygens (including phenoxy) is 1. The Bertz CT molecular complexity index is 1090. The van der Waals surface area contributed by atoms with Gasteiger partial charge in [0.25, 0.3) is 11.8 Å². The molecule has 0 atom stereocenters. The van der Waals surface area contributed by atoms with E-state index in [2.05, 4.69) is 10.9 Å². The number of amides is 2. The van der Waals surface area contributed by atoms with E-state index in [1.165, 1.54) is 4.31 Å². The predicted octanol–water partition coefficient (Wildman–Crippen LogP) is 1.14. The summed E-state index contributed by atoms with van der Waals surface area (Å²) in [6.07, 6.45) is 0. The fourth-order valence-corrected chi connectivity index (χ4v) is 4.78. The Morgan fingerprint density at radius 2 is 1.52 bits per heavy atom. The number of piperazine rings is 1. The van der Waals surface area contributed by atoms with Crippen LogP contribution >= 0.6 is 0 Å². The van der Waals surface area contributed by atoms with Crippen LogP contribution in [0.15, 0.2) is 47.4 Å². The third-order valence-electron chi connectivity index (χ3n) is 5.55. The Labute approximate surface area is 194 Å². The maximum absolute atomic E-state index is 12.8. The average molecular weight is 475 g/mol. The zero-order valence-electron chi connectivity index (χ0n) is 19.1. The summed E-state index contributed by atoms with van der Waals surface area (Å²) in [6.45, 7) is 7.10. The first-order chi connectivity index (χ1) is 15.6. The van der Waals surface area contributed by atoms with Gasteiger partial charge >= 0.3 is 0 Å². The minimum Gasteiger partial charge on any atom is -0.484 e. The van der Waals surface area contributed by atoms with Crippen molar-refractivity contribution in [3.05, 3.63) is 59.2 Å². The fourth-order valence-electron chi connectivity index (χ4n) is 3.36. The van der Waals surface area contributed by atoms with Gasteiger partial charge in [-0.15, -0.1) is 0 Å². The molecule has 1 heterocycles. The van der Waals surface area contributed by atoms with Gasteiger partial charge in [0.15, 0.2) is 6.61 Å². The molecule has 10 heteroatoms. The smallest absolute Gasteiger partial charge is 0.276 e. The third-order valence-corrected chi connectivity index (χ3v) is 7.46. The number of hydrogen-bond acceptors (Lipinski definition) is 6. The zero-order valence-corrected chi connectivity index (χ0v) is 19.9. The first kappa shape index (κ1) is 24.7. The van der Waals surface area contributed by atoms with Crippen molar-refractivity contribution < 1.29 is 22.7 Å². The molecule has 9 nitrogen and oxygen atoms in total. The molecular weight excluding hydrogens is 444 g/mol. The molecule has 1 fully saturated rings. The number of nitrogens with one attached hydrogen (secondary N) is 2. The Morgan fingerprint density at radius 1 is 0.879 bits per heavy atom. The highest BCUT2D eigenvalue weighted by Crippen LogP contribution is 2.18. The summed E-state index contributed by atoms with van der Waals surface area (Å²) in [7, 11) is -3.55. The summed E-state index contributed by atoms with van der Waals surface area (Å²) < 4.78 is 32.4. The van der Waals surface area contributed by atoms with Crippen LogP contribution in [0.25, 0.3) is 0 Å². The third kappa shape index (κ3) is 6.77. The molecule has 0 bridgehead atoms. The first-order valence-corrected chi connectivity index (χ1v) is 12.2. The number of sulfonamides is 1. The van der Waals surface area contributed by atoms with Crippen molar-refractivity contribution in [3.63, 3.8) is 0 Å². The van der Waals surface area contributed by atoms with E-state index in [-0.39, 0.29) is 24.0 Å². The maximum atomic E-state index is 12.8. The number of carbonyl (C=O) groups is 2. The summed E-state index contributed by atoms with van der Waals surface area (Å²) >= 11 is 0. The molecule has 3 rings (SSSR count). The highest BCUT2D eigenvalue weighted by Gasteiger charge is 2.29. The van der Waals surface area contributed by atoms with Crippen molar-refractivity contribution in [2.45, 2.75) is 25.7 Å². The molecule has 178 valence electrons. The molecule has 0 saturated carbocycles. The van der Waals surface area contributed by atoms with Crippen LogP contribution in [0.1, 0.15) is 16.7 Å². The van der Waals surface area contributed by atoms with Gasteiger partial charge in [-0.05, 0) is 56.2 Å². The van der Waals surface area contributed by atoms with Crippen molar-refractivity contribution in [2.75, 3.05) is 39.3 Å². The van der Waals surface area contributed by atoms with Crippen LogP contribution in [-0.2, 0) is 19.6 Å². The Morgan fingerprint density at radius 3 is 2.15 bits per heavy atom. The van der Waals surface area contributed by atoms with Crippen molar-refractivity contribution in [3.8, 4) is 5.75 Å². The highest BCUT2D eigenvalue weighted by atomic mass is 32.2. The van der Waals surface area contributed by atoms with E-state index in [1.54, 1.807) is 30.3 Å². The zero-order chi connectivity index (χ0) is 24.0. The lowest BCUT2D eigenvalue weighted by atomic mass is 10.1. The van der Waals surface area contributed by atoms with Crippen LogP contribution in [0, 0.1) is 20.8 Å². The Hall–Kier alpha value is -2.95. The van der Waals surface area contributed by atoms with E-state index in [1.807, 2.05) is 37.8 Å². The lowest BCUT2D eigenvalue weighted by molar-refractivity contribution is -0.130. The monoisotopic (exact) mass is 474 g/mol. The number of aryl methyl sites for hydroxylation is 3. The normalized spacial score (nSPS) is 15.1. The van der Waals surface area contributed by atoms with Gasteiger partial charge in [0.1, 0.15) is 5.75 Å². The molecule has 0 radical (unpaired) electrons. The van der Waals surface area contributed by atoms with Crippen molar-refractivity contribution >= 4 is 21.8 Å². The second kappa shape index (κ2) is 10.8. The Kier molecular flexibility index (Phi) is 8.06. The fraction of sp³-hybridized carbons (Fsp3) is 0.391. The van der Waals surface area contributed by atoms with E-state index in [0.29, 0.717) is 31.9 Å². The first-order valence-electron chi connectivity index (χ1n) is 10.7. The van der Waals surface area contributed by atoms with Crippen LogP contribution in [0.4, 0.5) is 0 Å². The van der Waals surface area contributed by atoms with Crippen molar-refractivity contribution in [2.24, 2.45) is 0 Å². The molecule has 0 aromatic heterocycles. The van der Waals surface area contributed by atoms with Gasteiger partial charge in [-0.3, -0.25) is 25.3 Å². The number of hydrazine groups is 1. The number of nitrogens with zero attached hydrogens (tertiary/aromatic N) is 2. The lowest BCUT2D eigenvalue weighted by Crippen LogP contribution is -2.53. The molecule has 0 unspecified atom stereocenters. The number of benzene rings is 2. The summed E-state index contributed by atoms with van der Waals surface area (Å²) in [5, 5.41) is 0. The number of rotatable bonds is 7. The second-order valence-corrected chi connectivity index (χ2v) is 10.1. The average Bonchev–Trinajstić information content (AvgIpc) is 2.79. The van der Waals surface area contributed by atoms with Gasteiger partial charge in [-0.25, -0.2) is 8.42 Å². The molecule has 2 N–H and O–H groups in total. The largest absolute Gasteiger partial charge is 0.484 e. The van der Waals surface area contributed by atoms with Crippen LogP contribution in [-0.4, -0.2) is 68.8 Å². The minimum absolute atomic E-state index is 0.0523. The number of hydrogen-bond donors (Lipinski definition) is 2. The van der Waals surface area contributed by atoms with Crippen LogP contribution in [0.3, 0.4) is 0 Å². The molecule has 2 amide bonds. The minimum atomic E-state index is -3.55. The van der Waals surface area contributed by atoms with E-state index in [9.17, 15) is 18.0 Å². The topological polar surface area (TPSA) is 108 Å². The lowest BCUT2D eigenvalue weighted by Gasteiger charge is -2.33. The van der Waals surface area contributed by atoms with Gasteiger partial charge in [-0.2, -0.15) is 4.31 Å². The summed E-state index contributed by atoms with van der Waals surface area (Å²) in [4.78, 5) is 26.2. The van der Waals surface area contributed by atoms with Gasteiger partial charge in [0.2, 0.25) is 10.0 Å². The van der Waals surface area contributed by atoms with Gasteiger partial charge in [0, 0.05) is 26.2 Å². The van der Waals surface area contributed by atoms with E-state index in [4.69, 9.17) is 4.74 Å². The summed E-state index contributed by atoms with van der Waals surface area (Å²) in [5.41, 5.74) is 7.89. The van der Waals surface area contributed by atoms with Gasteiger partial charge < -0.3 is 4.74 Å². The molecule has 2 aromatic rings. The van der Waals surface area contributed by atoms with Crippen molar-refractivity contribution in [1.82, 2.24) is 20.1 Å². The van der Waals surface area contributed by atoms with E-state index >= 15 is 0 Å². The molecule has 2 aromatic carbocycles. The summed E-state index contributed by atoms with van der Waals surface area (Å²) in [5.74, 6) is -0.280. The van der Waals surface area contributed by atoms with E-state index in [0.717, 1.165) is 16.7 Å². The molecule has 1 aliphatic heterocycles. The second-order valence-electron chi connectivity index (χ2n) is 8.12. The maximum Gasteiger partial charge on any atom is 0.276 e. The molecule has 0 spiro atoms. The molecule has 1 saturated heterocycles. The predicted molar refractivity (Wildman–Crippen MR) is 124 cm³/mol. The van der Waals surface area contributed by atoms with Gasteiger partial charge in [0.05, 0.1) is 11.4 Å². The quantitative estimate of drug-likeness (QED) is 0.583. The standard InChI is InChI=1S/C23H30N4O5S/c1-17-4-8-21(9-5-17)33(30,31)27-12-10-26(11-13-27)15-22(28)24-25-23(29)16-32-20-7-6-18(2)19(3)14-20/h4-9,14H,10-13,15-16H2,1-3H3,(H,24,28)(H,25,29). The van der Waals surface area contributed by atoms with Gasteiger partial charge in [-0.1, -0.05) is 23.8 Å². The molecule has 1 aliphatic rings. The Balaban J connectivity index is 1.38. The highest BCUT2D eigenvalue weighted by molar-refractivity contribution is 7.89. The molecule has 33 heavy (non-hydrogen) atoms. The molecule has 0 aliphatic carbocycles. The SMILES string of the molecule is Cc1ccc(S(=O)(=O)N2CCN(CC(=O)NNC(=O)COc3ccc(C)c(C)c3)CC2)cc1.